The maximum absolute atomic E-state index is 5.88. The molecule has 1 aromatic heterocycles. The summed E-state index contributed by atoms with van der Waals surface area (Å²) in [6, 6.07) is 6.09. The van der Waals surface area contributed by atoms with Crippen molar-refractivity contribution in [3.63, 3.8) is 0 Å². The fraction of sp³-hybridized carbons (Fsp3) is 0.615. The van der Waals surface area contributed by atoms with E-state index in [0.29, 0.717) is 0 Å². The Morgan fingerprint density at radius 2 is 2.25 bits per heavy atom. The molecule has 1 fully saturated rings. The maximum atomic E-state index is 5.88. The molecular weight excluding hydrogens is 198 g/mol. The van der Waals surface area contributed by atoms with Crippen molar-refractivity contribution in [2.24, 2.45) is 5.73 Å². The summed E-state index contributed by atoms with van der Waals surface area (Å²) >= 11 is 0. The molecule has 0 atom stereocenters. The lowest BCUT2D eigenvalue weighted by Gasteiger charge is -2.48. The fourth-order valence-electron chi connectivity index (χ4n) is 2.39. The summed E-state index contributed by atoms with van der Waals surface area (Å²) in [6.45, 7) is 1.83. The molecule has 16 heavy (non-hydrogen) atoms. The zero-order valence-electron chi connectivity index (χ0n) is 10.0. The number of aromatic nitrogens is 1. The molecule has 88 valence electrons. The fourth-order valence-corrected chi connectivity index (χ4v) is 2.39. The van der Waals surface area contributed by atoms with Crippen LogP contribution < -0.4 is 5.73 Å². The number of nitrogens with zero attached hydrogens (tertiary/aromatic N) is 2. The van der Waals surface area contributed by atoms with Gasteiger partial charge in [0.1, 0.15) is 0 Å². The molecule has 0 aromatic carbocycles. The molecule has 3 nitrogen and oxygen atoms in total. The predicted molar refractivity (Wildman–Crippen MR) is 66.2 cm³/mol. The molecule has 0 saturated heterocycles. The van der Waals surface area contributed by atoms with E-state index in [0.717, 1.165) is 19.5 Å². The first-order valence-electron chi connectivity index (χ1n) is 6.08. The number of rotatable bonds is 5. The van der Waals surface area contributed by atoms with Crippen molar-refractivity contribution in [3.8, 4) is 0 Å². The third-order valence-electron chi connectivity index (χ3n) is 3.90. The van der Waals surface area contributed by atoms with E-state index in [1.54, 1.807) is 0 Å². The average Bonchev–Trinajstić information content (AvgIpc) is 2.27. The highest BCUT2D eigenvalue weighted by atomic mass is 15.2. The van der Waals surface area contributed by atoms with Crippen LogP contribution in [0, 0.1) is 0 Å². The lowest BCUT2D eigenvalue weighted by Crippen LogP contribution is -2.57. The summed E-state index contributed by atoms with van der Waals surface area (Å²) in [5, 5.41) is 0. The monoisotopic (exact) mass is 219 g/mol. The van der Waals surface area contributed by atoms with Crippen molar-refractivity contribution in [1.82, 2.24) is 9.88 Å². The van der Waals surface area contributed by atoms with Gasteiger partial charge in [-0.1, -0.05) is 6.07 Å². The smallest absolute Gasteiger partial charge is 0.0416 e. The highest BCUT2D eigenvalue weighted by molar-refractivity contribution is 5.05. The number of nitrogens with two attached hydrogens (primary N) is 1. The third-order valence-corrected chi connectivity index (χ3v) is 3.90. The van der Waals surface area contributed by atoms with Crippen molar-refractivity contribution in [2.75, 3.05) is 20.1 Å². The molecule has 1 heterocycles. The minimum atomic E-state index is 0.286. The van der Waals surface area contributed by atoms with E-state index in [1.165, 1.54) is 25.0 Å². The first-order valence-corrected chi connectivity index (χ1v) is 6.08. The molecule has 3 heteroatoms. The van der Waals surface area contributed by atoms with Crippen LogP contribution in [0.25, 0.3) is 0 Å². The van der Waals surface area contributed by atoms with Crippen molar-refractivity contribution >= 4 is 0 Å². The molecule has 0 aliphatic heterocycles. The Balaban J connectivity index is 1.86. The van der Waals surface area contributed by atoms with Crippen LogP contribution in [0.3, 0.4) is 0 Å². The second kappa shape index (κ2) is 4.93. The molecule has 1 aliphatic carbocycles. The van der Waals surface area contributed by atoms with Crippen LogP contribution in [0.5, 0.6) is 0 Å². The molecule has 0 bridgehead atoms. The van der Waals surface area contributed by atoms with Gasteiger partial charge in [0.2, 0.25) is 0 Å². The Morgan fingerprint density at radius 1 is 1.44 bits per heavy atom. The van der Waals surface area contributed by atoms with E-state index in [9.17, 15) is 0 Å². The van der Waals surface area contributed by atoms with Crippen LogP contribution in [0.15, 0.2) is 24.4 Å². The standard InChI is InChI=1S/C13H21N3/c1-16(13(11-14)7-4-8-13)10-6-12-5-2-3-9-15-12/h2-3,5,9H,4,6-8,10-11,14H2,1H3. The Morgan fingerprint density at radius 3 is 2.75 bits per heavy atom. The van der Waals surface area contributed by atoms with Crippen LogP contribution >= 0.6 is 0 Å². The first kappa shape index (κ1) is 11.6. The summed E-state index contributed by atoms with van der Waals surface area (Å²) in [5.74, 6) is 0. The van der Waals surface area contributed by atoms with Gasteiger partial charge in [-0.3, -0.25) is 9.88 Å². The molecule has 2 rings (SSSR count). The van der Waals surface area contributed by atoms with E-state index in [-0.39, 0.29) is 5.54 Å². The Hall–Kier alpha value is -0.930. The van der Waals surface area contributed by atoms with Gasteiger partial charge in [-0.15, -0.1) is 0 Å². The maximum Gasteiger partial charge on any atom is 0.0416 e. The molecule has 0 amide bonds. The van der Waals surface area contributed by atoms with Crippen LogP contribution in [0.1, 0.15) is 25.0 Å². The second-order valence-corrected chi connectivity index (χ2v) is 4.77. The summed E-state index contributed by atoms with van der Waals surface area (Å²) in [6.07, 6.45) is 6.70. The molecule has 0 radical (unpaired) electrons. The number of hydrogen-bond donors (Lipinski definition) is 1. The molecule has 0 spiro atoms. The largest absolute Gasteiger partial charge is 0.329 e. The summed E-state index contributed by atoms with van der Waals surface area (Å²) in [4.78, 5) is 6.77. The van der Waals surface area contributed by atoms with Gasteiger partial charge in [-0.05, 0) is 38.4 Å². The van der Waals surface area contributed by atoms with E-state index in [2.05, 4.69) is 23.0 Å². The quantitative estimate of drug-likeness (QED) is 0.814. The normalized spacial score (nSPS) is 18.4. The van der Waals surface area contributed by atoms with Gasteiger partial charge in [0.25, 0.3) is 0 Å². The summed E-state index contributed by atoms with van der Waals surface area (Å²) < 4.78 is 0. The van der Waals surface area contributed by atoms with Crippen LogP contribution in [0.4, 0.5) is 0 Å². The highest BCUT2D eigenvalue weighted by Crippen LogP contribution is 2.35. The Bertz CT molecular complexity index is 314. The lowest BCUT2D eigenvalue weighted by atomic mass is 9.75. The summed E-state index contributed by atoms with van der Waals surface area (Å²) in [7, 11) is 2.19. The van der Waals surface area contributed by atoms with Gasteiger partial charge >= 0.3 is 0 Å². The van der Waals surface area contributed by atoms with E-state index in [4.69, 9.17) is 5.73 Å². The van der Waals surface area contributed by atoms with Gasteiger partial charge in [0.15, 0.2) is 0 Å². The SMILES string of the molecule is CN(CCc1ccccn1)C1(CN)CCC1. The molecular formula is C13H21N3. The van der Waals surface area contributed by atoms with E-state index >= 15 is 0 Å². The molecule has 1 saturated carbocycles. The van der Waals surface area contributed by atoms with Crippen molar-refractivity contribution in [3.05, 3.63) is 30.1 Å². The molecule has 2 N–H and O–H groups in total. The second-order valence-electron chi connectivity index (χ2n) is 4.77. The van der Waals surface area contributed by atoms with Gasteiger partial charge in [-0.25, -0.2) is 0 Å². The number of likely N-dealkylation sites (N-methyl/N-ethyl adjacent to an activating group) is 1. The minimum Gasteiger partial charge on any atom is -0.329 e. The Labute approximate surface area is 97.7 Å². The van der Waals surface area contributed by atoms with Gasteiger partial charge in [0.05, 0.1) is 0 Å². The molecule has 1 aromatic rings. The van der Waals surface area contributed by atoms with E-state index in [1.807, 2.05) is 18.3 Å². The van der Waals surface area contributed by atoms with Crippen LogP contribution in [0.2, 0.25) is 0 Å². The number of hydrogen-bond acceptors (Lipinski definition) is 3. The van der Waals surface area contributed by atoms with Crippen molar-refractivity contribution in [1.29, 1.82) is 0 Å². The van der Waals surface area contributed by atoms with Gasteiger partial charge < -0.3 is 5.73 Å². The highest BCUT2D eigenvalue weighted by Gasteiger charge is 2.38. The lowest BCUT2D eigenvalue weighted by molar-refractivity contribution is 0.0471. The zero-order valence-corrected chi connectivity index (χ0v) is 10.0. The third kappa shape index (κ3) is 2.25. The van der Waals surface area contributed by atoms with Crippen LogP contribution in [-0.2, 0) is 6.42 Å². The minimum absolute atomic E-state index is 0.286. The average molecular weight is 219 g/mol. The zero-order chi connectivity index (χ0) is 11.4. The van der Waals surface area contributed by atoms with E-state index < -0.39 is 0 Å². The topological polar surface area (TPSA) is 42.2 Å². The summed E-state index contributed by atoms with van der Waals surface area (Å²) in [5.41, 5.74) is 7.34. The van der Waals surface area contributed by atoms with Crippen molar-refractivity contribution < 1.29 is 0 Å². The first-order chi connectivity index (χ1) is 7.77. The van der Waals surface area contributed by atoms with Crippen LogP contribution in [-0.4, -0.2) is 35.6 Å². The van der Waals surface area contributed by atoms with Crippen molar-refractivity contribution in [2.45, 2.75) is 31.2 Å². The molecule has 0 unspecified atom stereocenters. The molecule has 1 aliphatic rings. The predicted octanol–water partition coefficient (Wildman–Crippen LogP) is 1.44. The number of pyridine rings is 1. The Kier molecular flexibility index (Phi) is 3.56. The van der Waals surface area contributed by atoms with Gasteiger partial charge in [0, 0.05) is 36.9 Å². The van der Waals surface area contributed by atoms with Gasteiger partial charge in [-0.2, -0.15) is 0 Å².